The van der Waals surface area contributed by atoms with Crippen LogP contribution in [0.15, 0.2) is 5.38 Å². The van der Waals surface area contributed by atoms with Gasteiger partial charge in [-0.05, 0) is 25.8 Å². The predicted octanol–water partition coefficient (Wildman–Crippen LogP) is 1.50. The number of carbonyl (C=O) groups is 2. The Morgan fingerprint density at radius 2 is 2.33 bits per heavy atom. The molecule has 2 heterocycles. The summed E-state index contributed by atoms with van der Waals surface area (Å²) in [5, 5.41) is 12.1. The average molecular weight is 311 g/mol. The zero-order chi connectivity index (χ0) is 15.5. The van der Waals surface area contributed by atoms with Crippen molar-refractivity contribution in [3.05, 3.63) is 16.1 Å². The molecule has 1 aliphatic heterocycles. The summed E-state index contributed by atoms with van der Waals surface area (Å²) in [5.41, 5.74) is 4.76. The Morgan fingerprint density at radius 3 is 2.95 bits per heavy atom. The largest absolute Gasteiger partial charge is 0.479 e. The van der Waals surface area contributed by atoms with Crippen LogP contribution in [0.5, 0.6) is 0 Å². The normalized spacial score (nSPS) is 21.7. The van der Waals surface area contributed by atoms with Crippen LogP contribution in [0.1, 0.15) is 48.1 Å². The minimum absolute atomic E-state index is 0.275. The standard InChI is InChI=1S/C14H21N3O3S/c1-2-5-14(13(19)20)6-3-8-17(14)12(18)10-9-21-11(16-10)4-7-15/h9H,2-8,15H2,1H3,(H,19,20). The van der Waals surface area contributed by atoms with Crippen molar-refractivity contribution in [3.63, 3.8) is 0 Å². The minimum Gasteiger partial charge on any atom is -0.479 e. The zero-order valence-corrected chi connectivity index (χ0v) is 13.0. The van der Waals surface area contributed by atoms with Gasteiger partial charge in [0, 0.05) is 18.3 Å². The lowest BCUT2D eigenvalue weighted by molar-refractivity contribution is -0.148. The molecule has 1 amide bonds. The Hall–Kier alpha value is -1.47. The third kappa shape index (κ3) is 2.94. The lowest BCUT2D eigenvalue weighted by Gasteiger charge is -2.34. The second-order valence-electron chi connectivity index (χ2n) is 5.31. The van der Waals surface area contributed by atoms with Crippen molar-refractivity contribution in [1.82, 2.24) is 9.88 Å². The molecule has 6 nitrogen and oxygen atoms in total. The highest BCUT2D eigenvalue weighted by Gasteiger charge is 2.49. The van der Waals surface area contributed by atoms with Crippen molar-refractivity contribution in [1.29, 1.82) is 0 Å². The number of aliphatic carboxylic acids is 1. The second-order valence-corrected chi connectivity index (χ2v) is 6.25. The van der Waals surface area contributed by atoms with Crippen molar-refractivity contribution in [3.8, 4) is 0 Å². The number of carboxylic acid groups (broad SMARTS) is 1. The molecule has 1 aromatic heterocycles. The van der Waals surface area contributed by atoms with Gasteiger partial charge >= 0.3 is 5.97 Å². The number of amides is 1. The van der Waals surface area contributed by atoms with E-state index in [1.54, 1.807) is 5.38 Å². The molecule has 116 valence electrons. The van der Waals surface area contributed by atoms with Gasteiger partial charge in [-0.15, -0.1) is 11.3 Å². The number of hydrogen-bond acceptors (Lipinski definition) is 5. The van der Waals surface area contributed by atoms with E-state index in [1.807, 2.05) is 6.92 Å². The van der Waals surface area contributed by atoms with Gasteiger partial charge in [-0.2, -0.15) is 0 Å². The molecule has 21 heavy (non-hydrogen) atoms. The molecule has 0 aliphatic carbocycles. The molecule has 7 heteroatoms. The molecule has 0 bridgehead atoms. The number of nitrogens with zero attached hydrogens (tertiary/aromatic N) is 2. The molecule has 0 saturated carbocycles. The summed E-state index contributed by atoms with van der Waals surface area (Å²) in [4.78, 5) is 30.2. The summed E-state index contributed by atoms with van der Waals surface area (Å²) in [7, 11) is 0. The molecule has 0 radical (unpaired) electrons. The van der Waals surface area contributed by atoms with E-state index in [0.29, 0.717) is 38.0 Å². The molecule has 2 rings (SSSR count). The predicted molar refractivity (Wildman–Crippen MR) is 80.4 cm³/mol. The Kier molecular flexibility index (Phi) is 4.95. The van der Waals surface area contributed by atoms with E-state index in [9.17, 15) is 14.7 Å². The quantitative estimate of drug-likeness (QED) is 0.830. The summed E-state index contributed by atoms with van der Waals surface area (Å²) in [6.07, 6.45) is 3.08. The maximum absolute atomic E-state index is 12.6. The van der Waals surface area contributed by atoms with Crippen LogP contribution < -0.4 is 5.73 Å². The van der Waals surface area contributed by atoms with Gasteiger partial charge in [-0.1, -0.05) is 13.3 Å². The number of hydrogen-bond donors (Lipinski definition) is 2. The summed E-state index contributed by atoms with van der Waals surface area (Å²) in [5.74, 6) is -1.18. The fourth-order valence-corrected chi connectivity index (χ4v) is 3.75. The first-order valence-electron chi connectivity index (χ1n) is 7.25. The Labute approximate surface area is 128 Å². The van der Waals surface area contributed by atoms with Crippen LogP contribution >= 0.6 is 11.3 Å². The summed E-state index contributed by atoms with van der Waals surface area (Å²) >= 11 is 1.40. The van der Waals surface area contributed by atoms with Gasteiger partial charge in [0.15, 0.2) is 0 Å². The molecule has 1 saturated heterocycles. The average Bonchev–Trinajstić information content (AvgIpc) is 3.06. The van der Waals surface area contributed by atoms with Crippen molar-refractivity contribution < 1.29 is 14.7 Å². The SMILES string of the molecule is CCCC1(C(=O)O)CCCN1C(=O)c1csc(CCN)n1. The van der Waals surface area contributed by atoms with Gasteiger partial charge in [0.05, 0.1) is 5.01 Å². The number of nitrogens with two attached hydrogens (primary N) is 1. The van der Waals surface area contributed by atoms with Crippen LogP contribution in [0, 0.1) is 0 Å². The summed E-state index contributed by atoms with van der Waals surface area (Å²) in [6.45, 7) is 2.91. The highest BCUT2D eigenvalue weighted by Crippen LogP contribution is 2.35. The first kappa shape index (κ1) is 15.9. The first-order chi connectivity index (χ1) is 10.0. The Morgan fingerprint density at radius 1 is 1.57 bits per heavy atom. The smallest absolute Gasteiger partial charge is 0.329 e. The van der Waals surface area contributed by atoms with E-state index < -0.39 is 11.5 Å². The monoisotopic (exact) mass is 311 g/mol. The van der Waals surface area contributed by atoms with Crippen molar-refractivity contribution in [2.75, 3.05) is 13.1 Å². The van der Waals surface area contributed by atoms with Gasteiger partial charge in [0.1, 0.15) is 11.2 Å². The number of likely N-dealkylation sites (tertiary alicyclic amines) is 1. The Bertz CT molecular complexity index is 531. The maximum Gasteiger partial charge on any atom is 0.329 e. The summed E-state index contributed by atoms with van der Waals surface area (Å²) < 4.78 is 0. The van der Waals surface area contributed by atoms with E-state index in [0.717, 1.165) is 17.8 Å². The number of carboxylic acids is 1. The molecule has 1 unspecified atom stereocenters. The van der Waals surface area contributed by atoms with Gasteiger partial charge < -0.3 is 15.7 Å². The number of aromatic nitrogens is 1. The summed E-state index contributed by atoms with van der Waals surface area (Å²) in [6, 6.07) is 0. The van der Waals surface area contributed by atoms with Gasteiger partial charge in [0.25, 0.3) is 5.91 Å². The van der Waals surface area contributed by atoms with Crippen LogP contribution in [0.3, 0.4) is 0 Å². The third-order valence-electron chi connectivity index (χ3n) is 3.92. The second kappa shape index (κ2) is 6.53. The molecule has 0 aromatic carbocycles. The Balaban J connectivity index is 2.25. The lowest BCUT2D eigenvalue weighted by atomic mass is 9.90. The van der Waals surface area contributed by atoms with E-state index >= 15 is 0 Å². The molecule has 1 atom stereocenters. The molecular weight excluding hydrogens is 290 g/mol. The van der Waals surface area contributed by atoms with Crippen molar-refractivity contribution in [2.24, 2.45) is 5.73 Å². The van der Waals surface area contributed by atoms with Gasteiger partial charge in [-0.25, -0.2) is 9.78 Å². The maximum atomic E-state index is 12.6. The zero-order valence-electron chi connectivity index (χ0n) is 12.2. The van der Waals surface area contributed by atoms with E-state index in [1.165, 1.54) is 16.2 Å². The fraction of sp³-hybridized carbons (Fsp3) is 0.643. The third-order valence-corrected chi connectivity index (χ3v) is 4.83. The first-order valence-corrected chi connectivity index (χ1v) is 8.13. The number of carbonyl (C=O) groups excluding carboxylic acids is 1. The van der Waals surface area contributed by atoms with Crippen LogP contribution in [0.2, 0.25) is 0 Å². The van der Waals surface area contributed by atoms with Gasteiger partial charge in [-0.3, -0.25) is 4.79 Å². The molecule has 1 aliphatic rings. The highest BCUT2D eigenvalue weighted by atomic mass is 32.1. The van der Waals surface area contributed by atoms with Crippen LogP contribution in [0.25, 0.3) is 0 Å². The van der Waals surface area contributed by atoms with E-state index in [4.69, 9.17) is 5.73 Å². The van der Waals surface area contributed by atoms with Crippen LogP contribution in [0.4, 0.5) is 0 Å². The number of rotatable bonds is 6. The number of thiazole rings is 1. The highest BCUT2D eigenvalue weighted by molar-refractivity contribution is 7.09. The van der Waals surface area contributed by atoms with Crippen LogP contribution in [-0.2, 0) is 11.2 Å². The van der Waals surface area contributed by atoms with Crippen molar-refractivity contribution in [2.45, 2.75) is 44.6 Å². The fourth-order valence-electron chi connectivity index (χ4n) is 2.96. The van der Waals surface area contributed by atoms with Crippen LogP contribution in [-0.4, -0.2) is 45.5 Å². The van der Waals surface area contributed by atoms with E-state index in [-0.39, 0.29) is 5.91 Å². The van der Waals surface area contributed by atoms with E-state index in [2.05, 4.69) is 4.98 Å². The molecule has 0 spiro atoms. The molecule has 3 N–H and O–H groups in total. The van der Waals surface area contributed by atoms with Crippen molar-refractivity contribution >= 4 is 23.2 Å². The topological polar surface area (TPSA) is 96.5 Å². The lowest BCUT2D eigenvalue weighted by Crippen LogP contribution is -2.53. The minimum atomic E-state index is -1.07. The molecule has 1 aromatic rings. The molecule has 1 fully saturated rings. The van der Waals surface area contributed by atoms with Gasteiger partial charge in [0.2, 0.25) is 0 Å². The molecular formula is C14H21N3O3S.